The Hall–Kier alpha value is -0.940. The molecule has 0 aliphatic carbocycles. The Labute approximate surface area is 132 Å². The minimum absolute atomic E-state index is 0.0949. The number of rotatable bonds is 6. The number of piperidine rings is 1. The summed E-state index contributed by atoms with van der Waals surface area (Å²) in [5, 5.41) is 6.16. The fourth-order valence-electron chi connectivity index (χ4n) is 2.77. The molecule has 0 radical (unpaired) electrons. The van der Waals surface area contributed by atoms with E-state index in [-0.39, 0.29) is 11.9 Å². The summed E-state index contributed by atoms with van der Waals surface area (Å²) < 4.78 is 0. The lowest BCUT2D eigenvalue weighted by Crippen LogP contribution is -2.46. The molecule has 1 unspecified atom stereocenters. The zero-order chi connectivity index (χ0) is 15.2. The van der Waals surface area contributed by atoms with Crippen LogP contribution < -0.4 is 5.32 Å². The molecule has 0 bridgehead atoms. The summed E-state index contributed by atoms with van der Waals surface area (Å²) in [6.45, 7) is 9.75. The van der Waals surface area contributed by atoms with Gasteiger partial charge < -0.3 is 10.2 Å². The van der Waals surface area contributed by atoms with Crippen molar-refractivity contribution in [3.63, 3.8) is 0 Å². The van der Waals surface area contributed by atoms with Crippen LogP contribution in [0.5, 0.6) is 0 Å². The van der Waals surface area contributed by atoms with Crippen LogP contribution in [0, 0.1) is 12.8 Å². The predicted octanol–water partition coefficient (Wildman–Crippen LogP) is 2.62. The van der Waals surface area contributed by atoms with Gasteiger partial charge in [0.05, 0.1) is 17.1 Å². The van der Waals surface area contributed by atoms with Gasteiger partial charge in [-0.25, -0.2) is 4.98 Å². The van der Waals surface area contributed by atoms with E-state index in [0.29, 0.717) is 6.42 Å². The zero-order valence-corrected chi connectivity index (χ0v) is 14.2. The van der Waals surface area contributed by atoms with Crippen LogP contribution in [0.1, 0.15) is 43.8 Å². The molecular weight excluding hydrogens is 282 g/mol. The topological polar surface area (TPSA) is 45.2 Å². The third-order valence-corrected chi connectivity index (χ3v) is 5.04. The van der Waals surface area contributed by atoms with E-state index < -0.39 is 0 Å². The summed E-state index contributed by atoms with van der Waals surface area (Å²) in [7, 11) is 0. The lowest BCUT2D eigenvalue weighted by molar-refractivity contribution is -0.121. The molecule has 4 nitrogen and oxygen atoms in total. The molecule has 1 aliphatic heterocycles. The molecule has 0 spiro atoms. The largest absolute Gasteiger partial charge is 0.352 e. The molecule has 0 saturated carbocycles. The number of carbonyl (C=O) groups is 1. The Morgan fingerprint density at radius 2 is 2.24 bits per heavy atom. The van der Waals surface area contributed by atoms with E-state index in [1.807, 2.05) is 12.3 Å². The number of carbonyl (C=O) groups excluding carboxylic acids is 1. The van der Waals surface area contributed by atoms with Crippen LogP contribution in [0.4, 0.5) is 0 Å². The number of hydrogen-bond acceptors (Lipinski definition) is 4. The molecule has 21 heavy (non-hydrogen) atoms. The number of nitrogens with one attached hydrogen (secondary N) is 1. The maximum absolute atomic E-state index is 12.1. The van der Waals surface area contributed by atoms with Gasteiger partial charge in [0.25, 0.3) is 0 Å². The number of hydrogen-bond donors (Lipinski definition) is 1. The first-order chi connectivity index (χ1) is 10.1. The van der Waals surface area contributed by atoms with Crippen molar-refractivity contribution in [3.05, 3.63) is 16.1 Å². The van der Waals surface area contributed by atoms with E-state index >= 15 is 0 Å². The summed E-state index contributed by atoms with van der Waals surface area (Å²) in [5.41, 5.74) is 0.886. The maximum atomic E-state index is 12.1. The summed E-state index contributed by atoms with van der Waals surface area (Å²) in [4.78, 5) is 19.0. The lowest BCUT2D eigenvalue weighted by atomic mass is 9.98. The Morgan fingerprint density at radius 3 is 2.81 bits per heavy atom. The van der Waals surface area contributed by atoms with Gasteiger partial charge in [0.15, 0.2) is 0 Å². The van der Waals surface area contributed by atoms with Crippen molar-refractivity contribution in [1.82, 2.24) is 15.2 Å². The average molecular weight is 309 g/mol. The van der Waals surface area contributed by atoms with Crippen molar-refractivity contribution in [3.8, 4) is 0 Å². The fourth-order valence-corrected chi connectivity index (χ4v) is 3.38. The minimum Gasteiger partial charge on any atom is -0.352 e. The van der Waals surface area contributed by atoms with E-state index in [1.54, 1.807) is 11.3 Å². The summed E-state index contributed by atoms with van der Waals surface area (Å²) in [6, 6.07) is 0.255. The molecule has 0 aromatic carbocycles. The average Bonchev–Trinajstić information content (AvgIpc) is 2.85. The van der Waals surface area contributed by atoms with Crippen LogP contribution in [0.25, 0.3) is 0 Å². The summed E-state index contributed by atoms with van der Waals surface area (Å²) >= 11 is 1.60. The molecule has 1 amide bonds. The van der Waals surface area contributed by atoms with Gasteiger partial charge in [-0.2, -0.15) is 0 Å². The highest BCUT2D eigenvalue weighted by atomic mass is 32.1. The first-order valence-electron chi connectivity index (χ1n) is 7.99. The zero-order valence-electron chi connectivity index (χ0n) is 13.4. The van der Waals surface area contributed by atoms with Crippen molar-refractivity contribution < 1.29 is 4.79 Å². The molecule has 1 aliphatic rings. The van der Waals surface area contributed by atoms with Crippen molar-refractivity contribution in [2.24, 2.45) is 5.92 Å². The first-order valence-corrected chi connectivity index (χ1v) is 8.87. The van der Waals surface area contributed by atoms with Crippen LogP contribution in [0.2, 0.25) is 0 Å². The van der Waals surface area contributed by atoms with Gasteiger partial charge in [0.2, 0.25) is 5.91 Å². The van der Waals surface area contributed by atoms with E-state index in [4.69, 9.17) is 0 Å². The van der Waals surface area contributed by atoms with Crippen LogP contribution in [0.15, 0.2) is 5.38 Å². The SMILES string of the molecule is CCC(CN1CCC(C)CC1)NC(=O)Cc1csc(C)n1. The van der Waals surface area contributed by atoms with Gasteiger partial charge in [0, 0.05) is 18.0 Å². The van der Waals surface area contributed by atoms with Crippen LogP contribution >= 0.6 is 11.3 Å². The molecule has 1 atom stereocenters. The van der Waals surface area contributed by atoms with Crippen molar-refractivity contribution in [2.75, 3.05) is 19.6 Å². The second-order valence-corrected chi connectivity index (χ2v) is 7.25. The highest BCUT2D eigenvalue weighted by molar-refractivity contribution is 7.09. The number of thiazole rings is 1. The molecule has 5 heteroatoms. The molecule has 1 fully saturated rings. The monoisotopic (exact) mass is 309 g/mol. The van der Waals surface area contributed by atoms with Gasteiger partial charge in [0.1, 0.15) is 0 Å². The van der Waals surface area contributed by atoms with Crippen molar-refractivity contribution in [1.29, 1.82) is 0 Å². The molecule has 2 rings (SSSR count). The van der Waals surface area contributed by atoms with Crippen molar-refractivity contribution >= 4 is 17.2 Å². The Kier molecular flexibility index (Phi) is 6.18. The molecule has 118 valence electrons. The van der Waals surface area contributed by atoms with Gasteiger partial charge >= 0.3 is 0 Å². The highest BCUT2D eigenvalue weighted by Crippen LogP contribution is 2.16. The van der Waals surface area contributed by atoms with E-state index in [2.05, 4.69) is 29.0 Å². The Morgan fingerprint density at radius 1 is 1.52 bits per heavy atom. The maximum Gasteiger partial charge on any atom is 0.226 e. The molecule has 1 N–H and O–H groups in total. The summed E-state index contributed by atoms with van der Waals surface area (Å²) in [6.07, 6.45) is 3.94. The lowest BCUT2D eigenvalue weighted by Gasteiger charge is -2.33. The number of aromatic nitrogens is 1. The second-order valence-electron chi connectivity index (χ2n) is 6.19. The first kappa shape index (κ1) is 16.4. The number of likely N-dealkylation sites (tertiary alicyclic amines) is 1. The van der Waals surface area contributed by atoms with E-state index in [0.717, 1.165) is 29.6 Å². The van der Waals surface area contributed by atoms with Gasteiger partial charge in [-0.3, -0.25) is 4.79 Å². The second kappa shape index (κ2) is 7.90. The number of aryl methyl sites for hydroxylation is 1. The number of nitrogens with zero attached hydrogens (tertiary/aromatic N) is 2. The summed E-state index contributed by atoms with van der Waals surface area (Å²) in [5.74, 6) is 0.946. The Balaban J connectivity index is 1.77. The van der Waals surface area contributed by atoms with Gasteiger partial charge in [-0.05, 0) is 45.2 Å². The highest BCUT2D eigenvalue weighted by Gasteiger charge is 2.20. The van der Waals surface area contributed by atoms with Crippen LogP contribution in [-0.4, -0.2) is 41.5 Å². The molecule has 2 heterocycles. The molecule has 1 aromatic rings. The minimum atomic E-state index is 0.0949. The van der Waals surface area contributed by atoms with Crippen LogP contribution in [0.3, 0.4) is 0 Å². The standard InChI is InChI=1S/C16H27N3OS/c1-4-14(10-19-7-5-12(2)6-8-19)18-16(20)9-15-11-21-13(3)17-15/h11-12,14H,4-10H2,1-3H3,(H,18,20). The third-order valence-electron chi connectivity index (χ3n) is 4.22. The Bertz CT molecular complexity index is 452. The predicted molar refractivity (Wildman–Crippen MR) is 87.6 cm³/mol. The van der Waals surface area contributed by atoms with E-state index in [9.17, 15) is 4.79 Å². The fraction of sp³-hybridized carbons (Fsp3) is 0.750. The van der Waals surface area contributed by atoms with Gasteiger partial charge in [-0.1, -0.05) is 13.8 Å². The molecule has 1 saturated heterocycles. The third kappa shape index (κ3) is 5.40. The molecule has 1 aromatic heterocycles. The van der Waals surface area contributed by atoms with Crippen LogP contribution in [-0.2, 0) is 11.2 Å². The smallest absolute Gasteiger partial charge is 0.226 e. The van der Waals surface area contributed by atoms with Crippen molar-refractivity contribution in [2.45, 2.75) is 52.5 Å². The van der Waals surface area contributed by atoms with E-state index in [1.165, 1.54) is 25.9 Å². The molecular formula is C16H27N3OS. The van der Waals surface area contributed by atoms with Gasteiger partial charge in [-0.15, -0.1) is 11.3 Å². The number of amides is 1. The quantitative estimate of drug-likeness (QED) is 0.878. The normalized spacial score (nSPS) is 18.6.